The number of nitrogens with zero attached hydrogens (tertiary/aromatic N) is 3. The fourth-order valence-electron chi connectivity index (χ4n) is 5.40. The van der Waals surface area contributed by atoms with Crippen LogP contribution >= 0.6 is 0 Å². The Bertz CT molecular complexity index is 379. The lowest BCUT2D eigenvalue weighted by atomic mass is 9.74. The monoisotopic (exact) mass is 320 g/mol. The number of hydrogen-bond acceptors (Lipinski definition) is 4. The maximum absolute atomic E-state index is 3.44. The van der Waals surface area contributed by atoms with E-state index in [1.807, 2.05) is 0 Å². The molecule has 0 aromatic carbocycles. The summed E-state index contributed by atoms with van der Waals surface area (Å²) in [6.45, 7) is 17.0. The predicted molar refractivity (Wildman–Crippen MR) is 95.7 cm³/mol. The van der Waals surface area contributed by atoms with E-state index in [9.17, 15) is 0 Å². The summed E-state index contributed by atoms with van der Waals surface area (Å²) in [7, 11) is 0. The van der Waals surface area contributed by atoms with Gasteiger partial charge in [0.15, 0.2) is 0 Å². The Balaban J connectivity index is 1.14. The molecule has 0 unspecified atom stereocenters. The Hall–Kier alpha value is -0.160. The lowest BCUT2D eigenvalue weighted by Gasteiger charge is -2.57. The van der Waals surface area contributed by atoms with Gasteiger partial charge in [-0.05, 0) is 63.7 Å². The molecule has 4 rings (SSSR count). The van der Waals surface area contributed by atoms with Gasteiger partial charge < -0.3 is 20.0 Å². The third-order valence-corrected chi connectivity index (χ3v) is 6.91. The van der Waals surface area contributed by atoms with Crippen LogP contribution in [-0.4, -0.2) is 86.7 Å². The van der Waals surface area contributed by atoms with Gasteiger partial charge >= 0.3 is 0 Å². The minimum absolute atomic E-state index is 0.701. The van der Waals surface area contributed by atoms with Crippen molar-refractivity contribution in [3.63, 3.8) is 0 Å². The fraction of sp³-hybridized carbons (Fsp3) is 1.00. The summed E-state index contributed by atoms with van der Waals surface area (Å²) in [5, 5.41) is 3.44. The van der Waals surface area contributed by atoms with E-state index in [1.54, 1.807) is 0 Å². The molecule has 0 amide bonds. The van der Waals surface area contributed by atoms with Crippen molar-refractivity contribution in [3.8, 4) is 0 Å². The molecule has 1 spiro atoms. The van der Waals surface area contributed by atoms with E-state index >= 15 is 0 Å². The molecule has 4 heterocycles. The second-order valence-corrected chi connectivity index (χ2v) is 8.92. The molecule has 0 radical (unpaired) electrons. The van der Waals surface area contributed by atoms with Crippen molar-refractivity contribution in [1.29, 1.82) is 0 Å². The molecule has 1 N–H and O–H groups in total. The summed E-state index contributed by atoms with van der Waals surface area (Å²) in [5.74, 6) is 1.90. The molecule has 132 valence electrons. The standard InChI is InChI=1S/C19H36N4/c1-2-21-7-3-4-18(11-21)12-22-8-5-17(6-9-22)10-23-15-19(16-23)13-20-14-19/h17-18,20H,2-16H2,1H3/t18-/m0/s1. The first kappa shape index (κ1) is 16.3. The highest BCUT2D eigenvalue weighted by atomic mass is 15.3. The largest absolute Gasteiger partial charge is 0.315 e. The Morgan fingerprint density at radius 3 is 2.26 bits per heavy atom. The zero-order chi connectivity index (χ0) is 15.7. The maximum Gasteiger partial charge on any atom is 0.0207 e. The predicted octanol–water partition coefficient (Wildman–Crippen LogP) is 1.34. The molecule has 4 saturated heterocycles. The molecule has 4 heteroatoms. The Morgan fingerprint density at radius 1 is 0.870 bits per heavy atom. The van der Waals surface area contributed by atoms with Crippen molar-refractivity contribution in [1.82, 2.24) is 20.0 Å². The zero-order valence-corrected chi connectivity index (χ0v) is 15.1. The van der Waals surface area contributed by atoms with E-state index in [0.717, 1.165) is 11.8 Å². The van der Waals surface area contributed by atoms with Gasteiger partial charge in [-0.1, -0.05) is 6.92 Å². The summed E-state index contributed by atoms with van der Waals surface area (Å²) >= 11 is 0. The summed E-state index contributed by atoms with van der Waals surface area (Å²) in [6, 6.07) is 0. The van der Waals surface area contributed by atoms with Gasteiger partial charge in [0.05, 0.1) is 0 Å². The van der Waals surface area contributed by atoms with Crippen LogP contribution in [-0.2, 0) is 0 Å². The highest BCUT2D eigenvalue weighted by molar-refractivity contribution is 5.04. The summed E-state index contributed by atoms with van der Waals surface area (Å²) in [5.41, 5.74) is 0.701. The van der Waals surface area contributed by atoms with E-state index in [0.29, 0.717) is 5.41 Å². The number of hydrogen-bond donors (Lipinski definition) is 1. The molecule has 4 fully saturated rings. The molecule has 4 aliphatic heterocycles. The van der Waals surface area contributed by atoms with Crippen molar-refractivity contribution in [3.05, 3.63) is 0 Å². The van der Waals surface area contributed by atoms with Crippen molar-refractivity contribution in [2.75, 3.05) is 72.0 Å². The van der Waals surface area contributed by atoms with Gasteiger partial charge in [-0.3, -0.25) is 0 Å². The van der Waals surface area contributed by atoms with E-state index in [2.05, 4.69) is 26.9 Å². The molecule has 0 aromatic heterocycles. The molecule has 0 bridgehead atoms. The van der Waals surface area contributed by atoms with Gasteiger partial charge in [0.2, 0.25) is 0 Å². The first-order valence-corrected chi connectivity index (χ1v) is 10.1. The molecule has 0 aromatic rings. The van der Waals surface area contributed by atoms with E-state index < -0.39 is 0 Å². The van der Waals surface area contributed by atoms with Crippen LogP contribution in [0, 0.1) is 17.3 Å². The van der Waals surface area contributed by atoms with Crippen LogP contribution in [0.4, 0.5) is 0 Å². The highest BCUT2D eigenvalue weighted by Gasteiger charge is 2.47. The Kier molecular flexibility index (Phi) is 4.96. The van der Waals surface area contributed by atoms with E-state index in [4.69, 9.17) is 0 Å². The van der Waals surface area contributed by atoms with Crippen LogP contribution < -0.4 is 5.32 Å². The molecule has 4 nitrogen and oxygen atoms in total. The lowest BCUT2D eigenvalue weighted by Crippen LogP contribution is -2.71. The van der Waals surface area contributed by atoms with Gasteiger partial charge in [-0.15, -0.1) is 0 Å². The fourth-order valence-corrected chi connectivity index (χ4v) is 5.40. The second-order valence-electron chi connectivity index (χ2n) is 8.92. The van der Waals surface area contributed by atoms with Crippen molar-refractivity contribution >= 4 is 0 Å². The zero-order valence-electron chi connectivity index (χ0n) is 15.1. The molecule has 0 saturated carbocycles. The van der Waals surface area contributed by atoms with Crippen LogP contribution in [0.25, 0.3) is 0 Å². The quantitative estimate of drug-likeness (QED) is 0.825. The molecule has 23 heavy (non-hydrogen) atoms. The third-order valence-electron chi connectivity index (χ3n) is 6.91. The van der Waals surface area contributed by atoms with E-state index in [1.165, 1.54) is 97.7 Å². The van der Waals surface area contributed by atoms with Crippen LogP contribution in [0.5, 0.6) is 0 Å². The first-order chi connectivity index (χ1) is 11.2. The van der Waals surface area contributed by atoms with Gasteiger partial charge in [0, 0.05) is 51.2 Å². The Morgan fingerprint density at radius 2 is 1.61 bits per heavy atom. The van der Waals surface area contributed by atoms with Gasteiger partial charge in [0.25, 0.3) is 0 Å². The van der Waals surface area contributed by atoms with Crippen LogP contribution in [0.3, 0.4) is 0 Å². The van der Waals surface area contributed by atoms with Gasteiger partial charge in [0.1, 0.15) is 0 Å². The van der Waals surface area contributed by atoms with Crippen molar-refractivity contribution in [2.24, 2.45) is 17.3 Å². The molecule has 4 aliphatic rings. The SMILES string of the molecule is CCN1CCC[C@H](CN2CCC(CN3CC4(CNC4)C3)CC2)C1. The molecule has 0 aliphatic carbocycles. The number of likely N-dealkylation sites (tertiary alicyclic amines) is 3. The molecular formula is C19H36N4. The van der Waals surface area contributed by atoms with Crippen LogP contribution in [0.15, 0.2) is 0 Å². The summed E-state index contributed by atoms with van der Waals surface area (Å²) in [4.78, 5) is 8.14. The first-order valence-electron chi connectivity index (χ1n) is 10.1. The average Bonchev–Trinajstić information content (AvgIpc) is 2.50. The average molecular weight is 321 g/mol. The summed E-state index contributed by atoms with van der Waals surface area (Å²) in [6.07, 6.45) is 5.75. The van der Waals surface area contributed by atoms with Crippen molar-refractivity contribution in [2.45, 2.75) is 32.6 Å². The van der Waals surface area contributed by atoms with Gasteiger partial charge in [-0.2, -0.15) is 0 Å². The number of nitrogens with one attached hydrogen (secondary N) is 1. The number of piperidine rings is 2. The minimum Gasteiger partial charge on any atom is -0.315 e. The minimum atomic E-state index is 0.701. The molecular weight excluding hydrogens is 284 g/mol. The van der Waals surface area contributed by atoms with E-state index in [-0.39, 0.29) is 0 Å². The topological polar surface area (TPSA) is 21.8 Å². The van der Waals surface area contributed by atoms with Crippen LogP contribution in [0.1, 0.15) is 32.6 Å². The third kappa shape index (κ3) is 3.76. The Labute approximate surface area is 142 Å². The molecule has 1 atom stereocenters. The summed E-state index contributed by atoms with van der Waals surface area (Å²) < 4.78 is 0. The van der Waals surface area contributed by atoms with Crippen LogP contribution in [0.2, 0.25) is 0 Å². The number of rotatable bonds is 5. The smallest absolute Gasteiger partial charge is 0.0207 e. The van der Waals surface area contributed by atoms with Crippen molar-refractivity contribution < 1.29 is 0 Å². The maximum atomic E-state index is 3.44. The second kappa shape index (κ2) is 6.99. The normalized spacial score (nSPS) is 33.5. The lowest BCUT2D eigenvalue weighted by molar-refractivity contribution is -0.0515. The van der Waals surface area contributed by atoms with Gasteiger partial charge in [-0.25, -0.2) is 0 Å². The highest BCUT2D eigenvalue weighted by Crippen LogP contribution is 2.35.